The highest BCUT2D eigenvalue weighted by atomic mass is 19.4. The number of carbonyl (C=O) groups excluding carboxylic acids is 1. The molecule has 18 heavy (non-hydrogen) atoms. The predicted molar refractivity (Wildman–Crippen MR) is 57.7 cm³/mol. The Kier molecular flexibility index (Phi) is 3.45. The Balaban J connectivity index is 1.85. The van der Waals surface area contributed by atoms with Gasteiger partial charge in [-0.15, -0.1) is 13.2 Å². The Hall–Kier alpha value is -1.72. The molecule has 0 bridgehead atoms. The zero-order valence-corrected chi connectivity index (χ0v) is 9.46. The molecule has 1 aromatic carbocycles. The summed E-state index contributed by atoms with van der Waals surface area (Å²) in [6.07, 6.45) is -2.84. The highest BCUT2D eigenvalue weighted by Gasteiger charge is 2.31. The molecule has 1 N–H and O–H groups in total. The van der Waals surface area contributed by atoms with Gasteiger partial charge in [-0.25, -0.2) is 0 Å². The van der Waals surface area contributed by atoms with Crippen LogP contribution in [0.5, 0.6) is 5.75 Å². The van der Waals surface area contributed by atoms with Gasteiger partial charge < -0.3 is 10.1 Å². The molecule has 0 spiro atoms. The van der Waals surface area contributed by atoms with Crippen molar-refractivity contribution in [3.63, 3.8) is 0 Å². The van der Waals surface area contributed by atoms with Crippen molar-refractivity contribution in [1.29, 1.82) is 0 Å². The molecule has 6 heteroatoms. The van der Waals surface area contributed by atoms with E-state index < -0.39 is 6.36 Å². The van der Waals surface area contributed by atoms with Crippen LogP contribution in [0.15, 0.2) is 24.3 Å². The average Bonchev–Trinajstić information content (AvgIpc) is 3.09. The number of amides is 1. The van der Waals surface area contributed by atoms with Crippen LogP contribution in [-0.2, 0) is 11.3 Å². The number of nitrogens with one attached hydrogen (secondary N) is 1. The van der Waals surface area contributed by atoms with Gasteiger partial charge >= 0.3 is 6.36 Å². The van der Waals surface area contributed by atoms with E-state index in [2.05, 4.69) is 10.1 Å². The molecular formula is C12H12F3NO2. The van der Waals surface area contributed by atoms with E-state index in [4.69, 9.17) is 0 Å². The van der Waals surface area contributed by atoms with Gasteiger partial charge in [-0.2, -0.15) is 0 Å². The van der Waals surface area contributed by atoms with Crippen LogP contribution in [-0.4, -0.2) is 12.3 Å². The lowest BCUT2D eigenvalue weighted by Gasteiger charge is -2.09. The molecule has 0 atom stereocenters. The second-order valence-corrected chi connectivity index (χ2v) is 4.18. The van der Waals surface area contributed by atoms with Gasteiger partial charge in [0.25, 0.3) is 0 Å². The third-order valence-electron chi connectivity index (χ3n) is 2.57. The summed E-state index contributed by atoms with van der Waals surface area (Å²) in [4.78, 5) is 11.3. The number of hydrogen-bond donors (Lipinski definition) is 1. The van der Waals surface area contributed by atoms with E-state index in [0.717, 1.165) is 18.4 Å². The molecule has 98 valence electrons. The lowest BCUT2D eigenvalue weighted by Crippen LogP contribution is -2.24. The molecule has 0 unspecified atom stereocenters. The van der Waals surface area contributed by atoms with Gasteiger partial charge in [0, 0.05) is 12.5 Å². The molecule has 3 nitrogen and oxygen atoms in total. The van der Waals surface area contributed by atoms with Gasteiger partial charge in [0.15, 0.2) is 0 Å². The maximum atomic E-state index is 11.9. The smallest absolute Gasteiger partial charge is 0.406 e. The number of rotatable bonds is 4. The van der Waals surface area contributed by atoms with Crippen molar-refractivity contribution in [2.75, 3.05) is 0 Å². The van der Waals surface area contributed by atoms with Crippen molar-refractivity contribution in [2.45, 2.75) is 25.7 Å². The zero-order chi connectivity index (χ0) is 13.2. The van der Waals surface area contributed by atoms with Crippen LogP contribution in [0.3, 0.4) is 0 Å². The highest BCUT2D eigenvalue weighted by Crippen LogP contribution is 2.29. The molecule has 0 heterocycles. The quantitative estimate of drug-likeness (QED) is 0.902. The Bertz CT molecular complexity index is 424. The third-order valence-corrected chi connectivity index (χ3v) is 2.57. The number of hydrogen-bond acceptors (Lipinski definition) is 2. The first kappa shape index (κ1) is 12.7. The number of benzene rings is 1. The normalized spacial score (nSPS) is 15.3. The standard InChI is InChI=1S/C12H12F3NO2/c13-12(14,15)18-10-5-1-8(2-6-10)7-16-11(17)9-3-4-9/h1-2,5-6,9H,3-4,7H2,(H,16,17). The van der Waals surface area contributed by atoms with Gasteiger partial charge in [0.1, 0.15) is 5.75 Å². The Labute approximate surface area is 102 Å². The molecule has 1 aromatic rings. The van der Waals surface area contributed by atoms with E-state index in [0.29, 0.717) is 6.54 Å². The molecule has 1 amide bonds. The fourth-order valence-electron chi connectivity index (χ4n) is 1.49. The Morgan fingerprint density at radius 1 is 1.28 bits per heavy atom. The maximum absolute atomic E-state index is 11.9. The van der Waals surface area contributed by atoms with Gasteiger partial charge in [0.05, 0.1) is 0 Å². The maximum Gasteiger partial charge on any atom is 0.573 e. The van der Waals surface area contributed by atoms with Gasteiger partial charge in [-0.05, 0) is 30.5 Å². The average molecular weight is 259 g/mol. The minimum absolute atomic E-state index is 0.00520. The molecule has 0 radical (unpaired) electrons. The van der Waals surface area contributed by atoms with E-state index in [1.165, 1.54) is 24.3 Å². The number of alkyl halides is 3. The second-order valence-electron chi connectivity index (χ2n) is 4.18. The minimum Gasteiger partial charge on any atom is -0.406 e. The van der Waals surface area contributed by atoms with Gasteiger partial charge in [-0.1, -0.05) is 12.1 Å². The third kappa shape index (κ3) is 3.94. The van der Waals surface area contributed by atoms with Crippen molar-refractivity contribution in [2.24, 2.45) is 5.92 Å². The summed E-state index contributed by atoms with van der Waals surface area (Å²) in [6.45, 7) is 0.321. The van der Waals surface area contributed by atoms with Crippen molar-refractivity contribution < 1.29 is 22.7 Å². The van der Waals surface area contributed by atoms with Crippen molar-refractivity contribution in [3.05, 3.63) is 29.8 Å². The Morgan fingerprint density at radius 2 is 1.89 bits per heavy atom. The number of carbonyl (C=O) groups is 1. The van der Waals surface area contributed by atoms with Crippen LogP contribution in [0.4, 0.5) is 13.2 Å². The molecule has 0 saturated heterocycles. The van der Waals surface area contributed by atoms with Crippen LogP contribution in [0.25, 0.3) is 0 Å². The summed E-state index contributed by atoms with van der Waals surface area (Å²) >= 11 is 0. The number of ether oxygens (including phenoxy) is 1. The SMILES string of the molecule is O=C(NCc1ccc(OC(F)(F)F)cc1)C1CC1. The molecular weight excluding hydrogens is 247 g/mol. The van der Waals surface area contributed by atoms with Crippen molar-refractivity contribution >= 4 is 5.91 Å². The lowest BCUT2D eigenvalue weighted by molar-refractivity contribution is -0.274. The van der Waals surface area contributed by atoms with Crippen molar-refractivity contribution in [3.8, 4) is 5.75 Å². The summed E-state index contributed by atoms with van der Waals surface area (Å²) in [6, 6.07) is 5.45. The second kappa shape index (κ2) is 4.88. The fraction of sp³-hybridized carbons (Fsp3) is 0.417. The topological polar surface area (TPSA) is 38.3 Å². The van der Waals surface area contributed by atoms with Crippen LogP contribution in [0.1, 0.15) is 18.4 Å². The van der Waals surface area contributed by atoms with E-state index in [1.54, 1.807) is 0 Å². The van der Waals surface area contributed by atoms with Crippen LogP contribution < -0.4 is 10.1 Å². The first-order valence-electron chi connectivity index (χ1n) is 5.56. The fourth-order valence-corrected chi connectivity index (χ4v) is 1.49. The van der Waals surface area contributed by atoms with E-state index in [9.17, 15) is 18.0 Å². The summed E-state index contributed by atoms with van der Waals surface area (Å²) < 4.78 is 39.5. The Morgan fingerprint density at radius 3 is 2.39 bits per heavy atom. The molecule has 2 rings (SSSR count). The first-order valence-corrected chi connectivity index (χ1v) is 5.56. The number of halogens is 3. The predicted octanol–water partition coefficient (Wildman–Crippen LogP) is 2.61. The van der Waals surface area contributed by atoms with Crippen LogP contribution >= 0.6 is 0 Å². The summed E-state index contributed by atoms with van der Waals surface area (Å²) in [5, 5.41) is 2.73. The minimum atomic E-state index is -4.68. The molecule has 0 aromatic heterocycles. The summed E-state index contributed by atoms with van der Waals surface area (Å²) in [5.74, 6) is -0.136. The molecule has 1 aliphatic rings. The highest BCUT2D eigenvalue weighted by molar-refractivity contribution is 5.80. The molecule has 1 fully saturated rings. The summed E-state index contributed by atoms with van der Waals surface area (Å²) in [5.41, 5.74) is 0.735. The molecule has 1 saturated carbocycles. The molecule has 0 aliphatic heterocycles. The first-order chi connectivity index (χ1) is 8.44. The van der Waals surface area contributed by atoms with E-state index in [1.807, 2.05) is 0 Å². The van der Waals surface area contributed by atoms with Crippen LogP contribution in [0, 0.1) is 5.92 Å². The summed E-state index contributed by atoms with van der Waals surface area (Å²) in [7, 11) is 0. The van der Waals surface area contributed by atoms with E-state index in [-0.39, 0.29) is 17.6 Å². The lowest BCUT2D eigenvalue weighted by atomic mass is 10.2. The largest absolute Gasteiger partial charge is 0.573 e. The van der Waals surface area contributed by atoms with Crippen LogP contribution in [0.2, 0.25) is 0 Å². The van der Waals surface area contributed by atoms with E-state index >= 15 is 0 Å². The zero-order valence-electron chi connectivity index (χ0n) is 9.46. The van der Waals surface area contributed by atoms with Crippen molar-refractivity contribution in [1.82, 2.24) is 5.32 Å². The monoisotopic (exact) mass is 259 g/mol. The van der Waals surface area contributed by atoms with Gasteiger partial charge in [0.2, 0.25) is 5.91 Å². The van der Waals surface area contributed by atoms with Gasteiger partial charge in [-0.3, -0.25) is 4.79 Å². The molecule has 1 aliphatic carbocycles.